The van der Waals surface area contributed by atoms with Crippen LogP contribution in [0.25, 0.3) is 11.1 Å². The first-order valence-corrected chi connectivity index (χ1v) is 8.01. The number of aryl methyl sites for hydroxylation is 2. The van der Waals surface area contributed by atoms with E-state index in [9.17, 15) is 14.7 Å². The van der Waals surface area contributed by atoms with Gasteiger partial charge in [-0.1, -0.05) is 12.1 Å². The Morgan fingerprint density at radius 3 is 2.72 bits per heavy atom. The van der Waals surface area contributed by atoms with Crippen LogP contribution < -0.4 is 11.1 Å². The van der Waals surface area contributed by atoms with E-state index in [1.807, 2.05) is 0 Å². The number of nitrogens with zero attached hydrogens (tertiary/aromatic N) is 1. The fourth-order valence-electron chi connectivity index (χ4n) is 2.61. The van der Waals surface area contributed by atoms with Crippen LogP contribution in [0.15, 0.2) is 50.0 Å². The molecule has 0 fully saturated rings. The minimum Gasteiger partial charge on any atom is -0.463 e. The molecule has 7 heteroatoms. The Labute approximate surface area is 143 Å². The molecule has 0 aliphatic carbocycles. The number of fused-ring (bicyclic) bond motifs is 1. The molecule has 0 saturated heterocycles. The summed E-state index contributed by atoms with van der Waals surface area (Å²) >= 11 is 0. The molecule has 1 amide bonds. The van der Waals surface area contributed by atoms with Crippen molar-refractivity contribution in [1.82, 2.24) is 9.88 Å². The molecule has 1 atom stereocenters. The zero-order chi connectivity index (χ0) is 18.0. The van der Waals surface area contributed by atoms with E-state index in [4.69, 9.17) is 8.83 Å². The minimum atomic E-state index is -1.30. The second kappa shape index (κ2) is 6.60. The van der Waals surface area contributed by atoms with Gasteiger partial charge in [-0.05, 0) is 38.1 Å². The Morgan fingerprint density at radius 2 is 2.00 bits per heavy atom. The first kappa shape index (κ1) is 17.0. The van der Waals surface area contributed by atoms with E-state index in [-0.39, 0.29) is 25.4 Å². The van der Waals surface area contributed by atoms with Gasteiger partial charge in [0.25, 0.3) is 0 Å². The number of para-hydroxylation sites is 2. The van der Waals surface area contributed by atoms with Crippen LogP contribution >= 0.6 is 0 Å². The van der Waals surface area contributed by atoms with E-state index < -0.39 is 11.4 Å². The predicted molar refractivity (Wildman–Crippen MR) is 91.1 cm³/mol. The summed E-state index contributed by atoms with van der Waals surface area (Å²) in [6.07, 6.45) is 0.0939. The lowest BCUT2D eigenvalue weighted by molar-refractivity contribution is -0.122. The molecular formula is C18H20N2O5. The van der Waals surface area contributed by atoms with Gasteiger partial charge in [-0.25, -0.2) is 4.79 Å². The predicted octanol–water partition coefficient (Wildman–Crippen LogP) is 1.91. The van der Waals surface area contributed by atoms with Crippen molar-refractivity contribution in [2.75, 3.05) is 6.54 Å². The molecule has 3 rings (SSSR count). The number of aliphatic hydroxyl groups is 1. The molecule has 7 nitrogen and oxygen atoms in total. The van der Waals surface area contributed by atoms with Crippen molar-refractivity contribution >= 4 is 17.0 Å². The van der Waals surface area contributed by atoms with E-state index in [0.717, 1.165) is 0 Å². The molecule has 132 valence electrons. The van der Waals surface area contributed by atoms with Gasteiger partial charge in [0, 0.05) is 13.0 Å². The molecule has 0 bridgehead atoms. The molecular weight excluding hydrogens is 324 g/mol. The van der Waals surface area contributed by atoms with Crippen LogP contribution in [0.5, 0.6) is 0 Å². The summed E-state index contributed by atoms with van der Waals surface area (Å²) in [5, 5.41) is 13.1. The monoisotopic (exact) mass is 344 g/mol. The largest absolute Gasteiger partial charge is 0.463 e. The van der Waals surface area contributed by atoms with Gasteiger partial charge < -0.3 is 19.3 Å². The van der Waals surface area contributed by atoms with Crippen molar-refractivity contribution < 1.29 is 18.7 Å². The fourth-order valence-corrected chi connectivity index (χ4v) is 2.61. The highest BCUT2D eigenvalue weighted by Crippen LogP contribution is 2.22. The Kier molecular flexibility index (Phi) is 4.50. The molecule has 0 radical (unpaired) electrons. The standard InChI is InChI=1S/C18H20N2O5/c1-12-7-8-15(24-12)18(2,23)11-19-16(21)9-10-20-13-5-3-4-6-14(13)25-17(20)22/h3-8,23H,9-11H2,1-2H3,(H,19,21). The Hall–Kier alpha value is -2.80. The average Bonchev–Trinajstić information content (AvgIpc) is 3.14. The lowest BCUT2D eigenvalue weighted by Gasteiger charge is -2.21. The quantitative estimate of drug-likeness (QED) is 0.712. The molecule has 1 aromatic carbocycles. The van der Waals surface area contributed by atoms with Gasteiger partial charge in [-0.2, -0.15) is 0 Å². The molecule has 0 spiro atoms. The molecule has 2 aromatic heterocycles. The maximum atomic E-state index is 12.1. The Balaban J connectivity index is 1.59. The average molecular weight is 344 g/mol. The SMILES string of the molecule is Cc1ccc(C(C)(O)CNC(=O)CCn2c(=O)oc3ccccc32)o1. The van der Waals surface area contributed by atoms with Gasteiger partial charge in [0.15, 0.2) is 5.58 Å². The lowest BCUT2D eigenvalue weighted by Crippen LogP contribution is -2.38. The van der Waals surface area contributed by atoms with Crippen molar-refractivity contribution in [3.63, 3.8) is 0 Å². The third-order valence-corrected chi connectivity index (χ3v) is 4.04. The van der Waals surface area contributed by atoms with Crippen LogP contribution in [-0.4, -0.2) is 22.1 Å². The number of aromatic nitrogens is 1. The van der Waals surface area contributed by atoms with Crippen LogP contribution in [0, 0.1) is 6.92 Å². The van der Waals surface area contributed by atoms with Gasteiger partial charge in [-0.3, -0.25) is 9.36 Å². The summed E-state index contributed by atoms with van der Waals surface area (Å²) in [6.45, 7) is 3.56. The van der Waals surface area contributed by atoms with Crippen molar-refractivity contribution in [3.05, 3.63) is 58.5 Å². The van der Waals surface area contributed by atoms with Crippen LogP contribution in [0.4, 0.5) is 0 Å². The first-order valence-electron chi connectivity index (χ1n) is 8.01. The van der Waals surface area contributed by atoms with E-state index in [1.165, 1.54) is 4.57 Å². The Morgan fingerprint density at radius 1 is 1.24 bits per heavy atom. The number of carbonyl (C=O) groups excluding carboxylic acids is 1. The summed E-state index contributed by atoms with van der Waals surface area (Å²) in [4.78, 5) is 23.9. The van der Waals surface area contributed by atoms with Crippen LogP contribution in [0.1, 0.15) is 24.9 Å². The third-order valence-electron chi connectivity index (χ3n) is 4.04. The zero-order valence-electron chi connectivity index (χ0n) is 14.1. The van der Waals surface area contributed by atoms with Crippen molar-refractivity contribution in [1.29, 1.82) is 0 Å². The van der Waals surface area contributed by atoms with Crippen LogP contribution in [-0.2, 0) is 16.9 Å². The van der Waals surface area contributed by atoms with E-state index in [1.54, 1.807) is 50.2 Å². The number of nitrogens with one attached hydrogen (secondary N) is 1. The summed E-state index contributed by atoms with van der Waals surface area (Å²) in [5.74, 6) is 0.308. The van der Waals surface area contributed by atoms with E-state index >= 15 is 0 Å². The number of amides is 1. The number of carbonyl (C=O) groups is 1. The molecule has 2 N–H and O–H groups in total. The van der Waals surface area contributed by atoms with Gasteiger partial charge in [-0.15, -0.1) is 0 Å². The van der Waals surface area contributed by atoms with E-state index in [2.05, 4.69) is 5.32 Å². The summed E-state index contributed by atoms with van der Waals surface area (Å²) in [7, 11) is 0. The van der Waals surface area contributed by atoms with Crippen molar-refractivity contribution in [2.24, 2.45) is 0 Å². The van der Waals surface area contributed by atoms with Crippen molar-refractivity contribution in [3.8, 4) is 0 Å². The van der Waals surface area contributed by atoms with Gasteiger partial charge in [0.1, 0.15) is 17.1 Å². The lowest BCUT2D eigenvalue weighted by atomic mass is 10.0. The highest BCUT2D eigenvalue weighted by atomic mass is 16.4. The topological polar surface area (TPSA) is 97.6 Å². The number of hydrogen-bond acceptors (Lipinski definition) is 5. The minimum absolute atomic E-state index is 0.0137. The van der Waals surface area contributed by atoms with Crippen LogP contribution in [0.2, 0.25) is 0 Å². The molecule has 0 saturated carbocycles. The number of hydrogen-bond donors (Lipinski definition) is 2. The fraction of sp³-hybridized carbons (Fsp3) is 0.333. The molecule has 3 aromatic rings. The maximum Gasteiger partial charge on any atom is 0.419 e. The van der Waals surface area contributed by atoms with Gasteiger partial charge >= 0.3 is 5.76 Å². The van der Waals surface area contributed by atoms with Crippen molar-refractivity contribution in [2.45, 2.75) is 32.4 Å². The molecule has 0 aliphatic rings. The molecule has 0 aliphatic heterocycles. The normalized spacial score (nSPS) is 13.7. The Bertz CT molecular complexity index is 948. The summed E-state index contributed by atoms with van der Waals surface area (Å²) in [6, 6.07) is 10.5. The summed E-state index contributed by atoms with van der Waals surface area (Å²) < 4.78 is 12.0. The third kappa shape index (κ3) is 3.66. The first-order chi connectivity index (χ1) is 11.9. The summed E-state index contributed by atoms with van der Waals surface area (Å²) in [5.41, 5.74) is -0.161. The number of rotatable bonds is 6. The highest BCUT2D eigenvalue weighted by Gasteiger charge is 2.27. The van der Waals surface area contributed by atoms with Gasteiger partial charge in [0.2, 0.25) is 5.91 Å². The zero-order valence-corrected chi connectivity index (χ0v) is 14.1. The number of oxazole rings is 1. The number of benzene rings is 1. The second-order valence-electron chi connectivity index (χ2n) is 6.20. The van der Waals surface area contributed by atoms with Crippen LogP contribution in [0.3, 0.4) is 0 Å². The maximum absolute atomic E-state index is 12.1. The van der Waals surface area contributed by atoms with Gasteiger partial charge in [0.05, 0.1) is 12.1 Å². The second-order valence-corrected chi connectivity index (χ2v) is 6.20. The number of furan rings is 1. The molecule has 1 unspecified atom stereocenters. The smallest absolute Gasteiger partial charge is 0.419 e. The molecule has 25 heavy (non-hydrogen) atoms. The molecule has 2 heterocycles. The van der Waals surface area contributed by atoms with E-state index in [0.29, 0.717) is 22.6 Å². The highest BCUT2D eigenvalue weighted by molar-refractivity contribution is 5.76.